The standard InChI is InChI=1S/C32H37N3O4S/c1-21-4-7-29(27(13-21)28-20-40-31(33-28)35-11-9-32(30(36)37)15-25(32)17-35)39-18-22-5-6-24-16-34(10-8-23(24)14-22)26-3-2-12-38-19-26/h4-7,13-14,20,25-26H,2-3,8-12,15-19H2,1H3,(H,36,37)/t25-,26?,32+/m0/s1. The summed E-state index contributed by atoms with van der Waals surface area (Å²) < 4.78 is 12.1. The third-order valence-corrected chi connectivity index (χ3v) is 10.4. The number of carboxylic acids is 1. The molecule has 7 nitrogen and oxygen atoms in total. The fraction of sp³-hybridized carbons (Fsp3) is 0.500. The topological polar surface area (TPSA) is 75.1 Å². The molecule has 1 unspecified atom stereocenters. The average molecular weight is 560 g/mol. The molecule has 2 aromatic carbocycles. The maximum Gasteiger partial charge on any atom is 0.310 e. The predicted molar refractivity (Wildman–Crippen MR) is 156 cm³/mol. The van der Waals surface area contributed by atoms with Gasteiger partial charge in [-0.2, -0.15) is 0 Å². The van der Waals surface area contributed by atoms with Crippen molar-refractivity contribution < 1.29 is 19.4 Å². The van der Waals surface area contributed by atoms with E-state index in [4.69, 9.17) is 14.5 Å². The molecule has 4 heterocycles. The fourth-order valence-corrected chi connectivity index (χ4v) is 7.73. The van der Waals surface area contributed by atoms with E-state index in [0.29, 0.717) is 19.1 Å². The minimum atomic E-state index is -0.631. The Morgan fingerprint density at radius 1 is 1.23 bits per heavy atom. The smallest absolute Gasteiger partial charge is 0.310 e. The predicted octanol–water partition coefficient (Wildman–Crippen LogP) is 5.54. The highest BCUT2D eigenvalue weighted by Crippen LogP contribution is 2.58. The molecule has 1 aromatic heterocycles. The number of thiazole rings is 1. The molecule has 0 amide bonds. The van der Waals surface area contributed by atoms with Crippen molar-refractivity contribution in [1.82, 2.24) is 9.88 Å². The SMILES string of the molecule is Cc1ccc(OCc2ccc3c(c2)CCN(C2CCCOC2)C3)c(-c2csc(N3CC[C@@]4(C(=O)O)C[C@H]4C3)n2)c1. The zero-order chi connectivity index (χ0) is 27.3. The normalized spacial score (nSPS) is 26.2. The highest BCUT2D eigenvalue weighted by Gasteiger charge is 2.62. The van der Waals surface area contributed by atoms with Gasteiger partial charge in [-0.25, -0.2) is 4.98 Å². The van der Waals surface area contributed by atoms with Crippen LogP contribution in [0.1, 0.15) is 47.9 Å². The highest BCUT2D eigenvalue weighted by atomic mass is 32.1. The minimum Gasteiger partial charge on any atom is -0.488 e. The Hall–Kier alpha value is -2.94. The first-order valence-corrected chi connectivity index (χ1v) is 15.5. The summed E-state index contributed by atoms with van der Waals surface area (Å²) in [5.41, 5.74) is 6.67. The summed E-state index contributed by atoms with van der Waals surface area (Å²) in [6.07, 6.45) is 4.98. The van der Waals surface area contributed by atoms with Gasteiger partial charge in [0, 0.05) is 49.8 Å². The molecule has 0 radical (unpaired) electrons. The van der Waals surface area contributed by atoms with Crippen molar-refractivity contribution in [3.8, 4) is 17.0 Å². The largest absolute Gasteiger partial charge is 0.488 e. The lowest BCUT2D eigenvalue weighted by Crippen LogP contribution is -2.43. The van der Waals surface area contributed by atoms with Crippen molar-refractivity contribution in [3.05, 3.63) is 64.0 Å². The van der Waals surface area contributed by atoms with Crippen LogP contribution in [-0.4, -0.2) is 59.8 Å². The van der Waals surface area contributed by atoms with Crippen LogP contribution in [0.5, 0.6) is 5.75 Å². The van der Waals surface area contributed by atoms with Crippen LogP contribution in [0.4, 0.5) is 5.13 Å². The number of nitrogens with zero attached hydrogens (tertiary/aromatic N) is 3. The van der Waals surface area contributed by atoms with E-state index in [9.17, 15) is 9.90 Å². The van der Waals surface area contributed by atoms with Gasteiger partial charge in [-0.3, -0.25) is 9.69 Å². The second kappa shape index (κ2) is 10.5. The number of fused-ring (bicyclic) bond motifs is 2. The molecule has 1 saturated carbocycles. The van der Waals surface area contributed by atoms with Gasteiger partial charge in [0.1, 0.15) is 12.4 Å². The molecule has 40 heavy (non-hydrogen) atoms. The van der Waals surface area contributed by atoms with Crippen LogP contribution < -0.4 is 9.64 Å². The molecule has 0 bridgehead atoms. The number of aromatic nitrogens is 1. The third kappa shape index (κ3) is 4.91. The molecule has 3 aromatic rings. The van der Waals surface area contributed by atoms with Crippen molar-refractivity contribution in [3.63, 3.8) is 0 Å². The number of aryl methyl sites for hydroxylation is 1. The Morgan fingerprint density at radius 2 is 2.15 bits per heavy atom. The first kappa shape index (κ1) is 26.0. The highest BCUT2D eigenvalue weighted by molar-refractivity contribution is 7.14. The molecule has 2 saturated heterocycles. The van der Waals surface area contributed by atoms with Crippen molar-refractivity contribution in [1.29, 1.82) is 0 Å². The Balaban J connectivity index is 1.03. The summed E-state index contributed by atoms with van der Waals surface area (Å²) in [5, 5.41) is 12.7. The summed E-state index contributed by atoms with van der Waals surface area (Å²) in [5.74, 6) is 0.452. The maximum absolute atomic E-state index is 11.7. The van der Waals surface area contributed by atoms with E-state index in [1.165, 1.54) is 35.1 Å². The zero-order valence-corrected chi connectivity index (χ0v) is 23.9. The van der Waals surface area contributed by atoms with Crippen molar-refractivity contribution >= 4 is 22.4 Å². The summed E-state index contributed by atoms with van der Waals surface area (Å²) in [7, 11) is 0. The molecular formula is C32H37N3O4S. The van der Waals surface area contributed by atoms with E-state index >= 15 is 0 Å². The van der Waals surface area contributed by atoms with Crippen molar-refractivity contribution in [2.24, 2.45) is 11.3 Å². The number of carbonyl (C=O) groups is 1. The van der Waals surface area contributed by atoms with Gasteiger partial charge in [-0.05, 0) is 73.8 Å². The van der Waals surface area contributed by atoms with Gasteiger partial charge in [0.25, 0.3) is 0 Å². The Bertz CT molecular complexity index is 1420. The monoisotopic (exact) mass is 559 g/mol. The third-order valence-electron chi connectivity index (χ3n) is 9.46. The van der Waals surface area contributed by atoms with E-state index < -0.39 is 11.4 Å². The lowest BCUT2D eigenvalue weighted by Gasteiger charge is -2.37. The molecule has 1 N–H and O–H groups in total. The first-order chi connectivity index (χ1) is 19.5. The van der Waals surface area contributed by atoms with E-state index in [1.807, 2.05) is 0 Å². The minimum absolute atomic E-state index is 0.241. The molecule has 3 aliphatic heterocycles. The molecular weight excluding hydrogens is 522 g/mol. The lowest BCUT2D eigenvalue weighted by atomic mass is 9.95. The average Bonchev–Trinajstić information content (AvgIpc) is 3.54. The number of carboxylic acid groups (broad SMARTS) is 1. The number of ether oxygens (including phenoxy) is 2. The summed E-state index contributed by atoms with van der Waals surface area (Å²) in [6.45, 7) is 8.01. The lowest BCUT2D eigenvalue weighted by molar-refractivity contribution is -0.144. The Labute approximate surface area is 239 Å². The molecule has 0 spiro atoms. The van der Waals surface area contributed by atoms with Gasteiger partial charge in [0.2, 0.25) is 0 Å². The van der Waals surface area contributed by atoms with Gasteiger partial charge in [-0.1, -0.05) is 29.8 Å². The van der Waals surface area contributed by atoms with Crippen molar-refractivity contribution in [2.45, 2.75) is 58.2 Å². The number of benzene rings is 2. The summed E-state index contributed by atoms with van der Waals surface area (Å²) in [4.78, 5) is 21.5. The first-order valence-electron chi connectivity index (χ1n) is 14.6. The Kier molecular flexibility index (Phi) is 6.80. The van der Waals surface area contributed by atoms with Gasteiger partial charge < -0.3 is 19.5 Å². The molecule has 4 aliphatic rings. The van der Waals surface area contributed by atoms with Gasteiger partial charge in [0.05, 0.1) is 17.7 Å². The molecule has 210 valence electrons. The molecule has 7 rings (SSSR count). The van der Waals surface area contributed by atoms with Gasteiger partial charge in [-0.15, -0.1) is 11.3 Å². The number of rotatable bonds is 7. The number of anilines is 1. The number of piperidine rings is 1. The number of hydrogen-bond donors (Lipinski definition) is 1. The maximum atomic E-state index is 11.7. The van der Waals surface area contributed by atoms with E-state index in [0.717, 1.165) is 74.4 Å². The summed E-state index contributed by atoms with van der Waals surface area (Å²) in [6, 6.07) is 13.7. The van der Waals surface area contributed by atoms with Crippen LogP contribution in [-0.2, 0) is 29.1 Å². The quantitative estimate of drug-likeness (QED) is 0.408. The number of hydrogen-bond acceptors (Lipinski definition) is 7. The zero-order valence-electron chi connectivity index (χ0n) is 23.1. The van der Waals surface area contributed by atoms with Crippen LogP contribution in [0.2, 0.25) is 0 Å². The van der Waals surface area contributed by atoms with E-state index in [1.54, 1.807) is 11.3 Å². The summed E-state index contributed by atoms with van der Waals surface area (Å²) >= 11 is 1.63. The van der Waals surface area contributed by atoms with Crippen molar-refractivity contribution in [2.75, 3.05) is 37.7 Å². The van der Waals surface area contributed by atoms with Crippen LogP contribution in [0.3, 0.4) is 0 Å². The second-order valence-corrected chi connectivity index (χ2v) is 12.9. The molecule has 1 aliphatic carbocycles. The Morgan fingerprint density at radius 3 is 2.98 bits per heavy atom. The number of aliphatic carboxylic acids is 1. The molecule has 8 heteroatoms. The van der Waals surface area contributed by atoms with E-state index in [-0.39, 0.29) is 5.92 Å². The molecule has 3 fully saturated rings. The van der Waals surface area contributed by atoms with Crippen LogP contribution in [0.15, 0.2) is 41.8 Å². The van der Waals surface area contributed by atoms with E-state index in [2.05, 4.69) is 58.5 Å². The van der Waals surface area contributed by atoms with Crippen LogP contribution >= 0.6 is 11.3 Å². The van der Waals surface area contributed by atoms with Gasteiger partial charge >= 0.3 is 5.97 Å². The fourth-order valence-electron chi connectivity index (χ4n) is 6.87. The van der Waals surface area contributed by atoms with Gasteiger partial charge in [0.15, 0.2) is 5.13 Å². The second-order valence-electron chi connectivity index (χ2n) is 12.1. The van der Waals surface area contributed by atoms with Crippen LogP contribution in [0.25, 0.3) is 11.3 Å². The molecule has 3 atom stereocenters. The van der Waals surface area contributed by atoms with Crippen LogP contribution in [0, 0.1) is 18.3 Å².